The van der Waals surface area contributed by atoms with E-state index in [1.807, 2.05) is 26.4 Å². The predicted molar refractivity (Wildman–Crippen MR) is 123 cm³/mol. The van der Waals surface area contributed by atoms with Crippen LogP contribution in [0.15, 0.2) is 0 Å². The average Bonchev–Trinajstić information content (AvgIpc) is 2.67. The maximum absolute atomic E-state index is 12.9. The van der Waals surface area contributed by atoms with Crippen LogP contribution in [0.25, 0.3) is 0 Å². The number of nitrogens with one attached hydrogen (secondary N) is 3. The molecule has 4 atom stereocenters. The van der Waals surface area contributed by atoms with Crippen molar-refractivity contribution in [2.45, 2.75) is 64.2 Å². The highest BCUT2D eigenvalue weighted by Gasteiger charge is 2.29. The van der Waals surface area contributed by atoms with Crippen LogP contribution < -0.4 is 21.7 Å². The molecule has 11 heteroatoms. The first-order valence-corrected chi connectivity index (χ1v) is 12.7. The van der Waals surface area contributed by atoms with Gasteiger partial charge in [-0.25, -0.2) is 0 Å². The summed E-state index contributed by atoms with van der Waals surface area (Å²) < 4.78 is 0. The minimum absolute atomic E-state index is 0.0837. The molecule has 3 amide bonds. The second kappa shape index (κ2) is 15.4. The molecule has 0 bridgehead atoms. The smallest absolute Gasteiger partial charge is 0.325 e. The summed E-state index contributed by atoms with van der Waals surface area (Å²) in [7, 11) is 0. The van der Waals surface area contributed by atoms with Crippen molar-refractivity contribution in [2.75, 3.05) is 24.0 Å². The van der Waals surface area contributed by atoms with E-state index in [0.717, 1.165) is 5.75 Å². The lowest BCUT2D eigenvalue weighted by atomic mass is 10.0. The summed E-state index contributed by atoms with van der Waals surface area (Å²) in [5, 5.41) is 16.8. The predicted octanol–water partition coefficient (Wildman–Crippen LogP) is 0.425. The number of hydrogen-bond donors (Lipinski definition) is 5. The maximum atomic E-state index is 12.9. The van der Waals surface area contributed by atoms with Gasteiger partial charge in [-0.1, -0.05) is 13.8 Å². The molecule has 0 saturated heterocycles. The lowest BCUT2D eigenvalue weighted by Crippen LogP contribution is -2.57. The monoisotopic (exact) mass is 464 g/mol. The highest BCUT2D eigenvalue weighted by Crippen LogP contribution is 2.08. The van der Waals surface area contributed by atoms with Gasteiger partial charge in [0.2, 0.25) is 17.7 Å². The van der Waals surface area contributed by atoms with Gasteiger partial charge in [-0.15, -0.1) is 0 Å². The first kappa shape index (κ1) is 28.5. The molecule has 0 spiro atoms. The van der Waals surface area contributed by atoms with Crippen molar-refractivity contribution < 1.29 is 24.3 Å². The van der Waals surface area contributed by atoms with E-state index in [4.69, 9.17) is 10.8 Å². The van der Waals surface area contributed by atoms with Crippen LogP contribution in [0.3, 0.4) is 0 Å². The van der Waals surface area contributed by atoms with Gasteiger partial charge in [0.1, 0.15) is 18.1 Å². The highest BCUT2D eigenvalue weighted by atomic mass is 32.2. The van der Waals surface area contributed by atoms with E-state index in [1.54, 1.807) is 11.8 Å². The number of carboxylic acids is 1. The van der Waals surface area contributed by atoms with E-state index in [-0.39, 0.29) is 5.92 Å². The molecule has 0 aliphatic heterocycles. The minimum Gasteiger partial charge on any atom is -0.480 e. The van der Waals surface area contributed by atoms with Crippen LogP contribution in [0.2, 0.25) is 0 Å². The summed E-state index contributed by atoms with van der Waals surface area (Å²) in [5.74, 6) is -1.18. The molecule has 0 saturated carbocycles. The first-order valence-electron chi connectivity index (χ1n) is 9.90. The Labute approximate surface area is 187 Å². The Morgan fingerprint density at radius 3 is 1.83 bits per heavy atom. The van der Waals surface area contributed by atoms with Gasteiger partial charge < -0.3 is 26.8 Å². The minimum atomic E-state index is -1.16. The Bertz CT molecular complexity index is 577. The molecular weight excluding hydrogens is 428 g/mol. The summed E-state index contributed by atoms with van der Waals surface area (Å²) in [6.45, 7) is 5.14. The molecular formula is C19H36N4O5S2. The molecule has 30 heavy (non-hydrogen) atoms. The molecule has 4 unspecified atom stereocenters. The second-order valence-electron chi connectivity index (χ2n) is 7.49. The molecule has 0 aromatic heterocycles. The SMILES string of the molecule is CSCCC(N)C(=O)NC(CCSC)C(=O)NC(CC(C)C)C(=O)NC(C)C(=O)O. The topological polar surface area (TPSA) is 151 Å². The maximum Gasteiger partial charge on any atom is 0.325 e. The Morgan fingerprint density at radius 1 is 0.833 bits per heavy atom. The summed E-state index contributed by atoms with van der Waals surface area (Å²) in [6, 6.07) is -3.53. The van der Waals surface area contributed by atoms with Gasteiger partial charge in [0.05, 0.1) is 6.04 Å². The molecule has 0 aliphatic rings. The van der Waals surface area contributed by atoms with E-state index in [1.165, 1.54) is 18.7 Å². The zero-order valence-corrected chi connectivity index (χ0v) is 20.0. The molecule has 0 rings (SSSR count). The van der Waals surface area contributed by atoms with Gasteiger partial charge in [-0.05, 0) is 56.1 Å². The fourth-order valence-corrected chi connectivity index (χ4v) is 3.47. The molecule has 174 valence electrons. The van der Waals surface area contributed by atoms with Gasteiger partial charge in [-0.3, -0.25) is 19.2 Å². The van der Waals surface area contributed by atoms with E-state index in [0.29, 0.717) is 25.0 Å². The van der Waals surface area contributed by atoms with Crippen molar-refractivity contribution in [3.05, 3.63) is 0 Å². The van der Waals surface area contributed by atoms with Crippen LogP contribution in [0, 0.1) is 5.92 Å². The van der Waals surface area contributed by atoms with Gasteiger partial charge in [0, 0.05) is 0 Å². The molecule has 0 aromatic rings. The van der Waals surface area contributed by atoms with Crippen LogP contribution in [0.5, 0.6) is 0 Å². The van der Waals surface area contributed by atoms with Crippen molar-refractivity contribution in [3.63, 3.8) is 0 Å². The number of rotatable bonds is 15. The van der Waals surface area contributed by atoms with E-state index in [9.17, 15) is 19.2 Å². The summed E-state index contributed by atoms with van der Waals surface area (Å²) >= 11 is 3.12. The standard InChI is InChI=1S/C19H36N4O5S2/c1-11(2)10-15(18(26)21-12(3)19(27)28)23-17(25)14(7-9-30-5)22-16(24)13(20)6-8-29-4/h11-15H,6-10,20H2,1-5H3,(H,21,26)(H,22,24)(H,23,25)(H,27,28). The third kappa shape index (κ3) is 11.7. The molecule has 6 N–H and O–H groups in total. The Morgan fingerprint density at radius 2 is 1.33 bits per heavy atom. The zero-order valence-electron chi connectivity index (χ0n) is 18.4. The number of hydrogen-bond acceptors (Lipinski definition) is 7. The number of nitrogens with two attached hydrogens (primary N) is 1. The quantitative estimate of drug-likeness (QED) is 0.234. The average molecular weight is 465 g/mol. The third-order valence-corrected chi connectivity index (χ3v) is 5.57. The van der Waals surface area contributed by atoms with E-state index < -0.39 is 47.9 Å². The number of carbonyl (C=O) groups excluding carboxylic acids is 3. The molecule has 0 fully saturated rings. The molecule has 0 radical (unpaired) electrons. The van der Waals surface area contributed by atoms with Gasteiger partial charge in [0.25, 0.3) is 0 Å². The number of amides is 3. The summed E-state index contributed by atoms with van der Waals surface area (Å²) in [6.07, 6.45) is 5.03. The van der Waals surface area contributed by atoms with Crippen molar-refractivity contribution >= 4 is 47.2 Å². The summed E-state index contributed by atoms with van der Waals surface area (Å²) in [5.41, 5.74) is 5.90. The van der Waals surface area contributed by atoms with E-state index >= 15 is 0 Å². The number of carbonyl (C=O) groups is 4. The Balaban J connectivity index is 5.24. The summed E-state index contributed by atoms with van der Waals surface area (Å²) in [4.78, 5) is 48.8. The van der Waals surface area contributed by atoms with Crippen LogP contribution in [0.4, 0.5) is 0 Å². The molecule has 9 nitrogen and oxygen atoms in total. The van der Waals surface area contributed by atoms with Crippen molar-refractivity contribution in [1.82, 2.24) is 16.0 Å². The number of aliphatic carboxylic acids is 1. The van der Waals surface area contributed by atoms with Crippen molar-refractivity contribution in [1.29, 1.82) is 0 Å². The lowest BCUT2D eigenvalue weighted by molar-refractivity contribution is -0.142. The molecule has 0 aromatic carbocycles. The number of thioether (sulfide) groups is 2. The number of carboxylic acid groups (broad SMARTS) is 1. The van der Waals surface area contributed by atoms with Crippen molar-refractivity contribution in [2.24, 2.45) is 11.7 Å². The first-order chi connectivity index (χ1) is 14.0. The fraction of sp³-hybridized carbons (Fsp3) is 0.789. The highest BCUT2D eigenvalue weighted by molar-refractivity contribution is 7.98. The van der Waals surface area contributed by atoms with Gasteiger partial charge in [-0.2, -0.15) is 23.5 Å². The van der Waals surface area contributed by atoms with Crippen LogP contribution in [0.1, 0.15) is 40.0 Å². The Kier molecular flexibility index (Phi) is 14.6. The second-order valence-corrected chi connectivity index (χ2v) is 9.46. The lowest BCUT2D eigenvalue weighted by Gasteiger charge is -2.25. The fourth-order valence-electron chi connectivity index (χ4n) is 2.51. The Hall–Kier alpha value is -1.46. The van der Waals surface area contributed by atoms with Crippen LogP contribution in [-0.2, 0) is 19.2 Å². The molecule has 0 heterocycles. The van der Waals surface area contributed by atoms with Gasteiger partial charge >= 0.3 is 5.97 Å². The largest absolute Gasteiger partial charge is 0.480 e. The molecule has 0 aliphatic carbocycles. The van der Waals surface area contributed by atoms with Gasteiger partial charge in [0.15, 0.2) is 0 Å². The normalized spacial score (nSPS) is 15.0. The van der Waals surface area contributed by atoms with E-state index in [2.05, 4.69) is 16.0 Å². The van der Waals surface area contributed by atoms with Crippen molar-refractivity contribution in [3.8, 4) is 0 Å². The van der Waals surface area contributed by atoms with Crippen LogP contribution >= 0.6 is 23.5 Å². The third-order valence-electron chi connectivity index (χ3n) is 4.28. The zero-order chi connectivity index (χ0) is 23.3. The van der Waals surface area contributed by atoms with Crippen LogP contribution in [-0.4, -0.2) is 77.0 Å².